The van der Waals surface area contributed by atoms with Crippen LogP contribution in [0.15, 0.2) is 48.5 Å². The van der Waals surface area contributed by atoms with E-state index in [1.54, 1.807) is 6.92 Å². The van der Waals surface area contributed by atoms with Crippen LogP contribution in [0.4, 0.5) is 0 Å². The number of benzene rings is 2. The second kappa shape index (κ2) is 7.64. The van der Waals surface area contributed by atoms with Gasteiger partial charge in [0.15, 0.2) is 6.10 Å². The summed E-state index contributed by atoms with van der Waals surface area (Å²) < 4.78 is 5.67. The lowest BCUT2D eigenvalue weighted by molar-refractivity contribution is -0.127. The molecule has 2 aromatic rings. The van der Waals surface area contributed by atoms with Crippen molar-refractivity contribution >= 4 is 5.91 Å². The summed E-state index contributed by atoms with van der Waals surface area (Å²) in [6, 6.07) is 15.9. The molecule has 0 saturated heterocycles. The highest BCUT2D eigenvalue weighted by Crippen LogP contribution is 2.14. The van der Waals surface area contributed by atoms with E-state index in [9.17, 15) is 4.79 Å². The number of aryl methyl sites for hydroxylation is 2. The van der Waals surface area contributed by atoms with E-state index in [4.69, 9.17) is 4.74 Å². The van der Waals surface area contributed by atoms with Crippen LogP contribution in [0.5, 0.6) is 5.75 Å². The third-order valence-corrected chi connectivity index (χ3v) is 3.63. The van der Waals surface area contributed by atoms with Crippen LogP contribution in [-0.2, 0) is 11.2 Å². The van der Waals surface area contributed by atoms with Crippen molar-refractivity contribution in [3.63, 3.8) is 0 Å². The Labute approximate surface area is 132 Å². The van der Waals surface area contributed by atoms with E-state index in [0.717, 1.165) is 17.7 Å². The van der Waals surface area contributed by atoms with Crippen molar-refractivity contribution in [1.29, 1.82) is 0 Å². The SMILES string of the molecule is Cc1cccc(OC(C)C(=O)NCCc2ccccc2C)c1. The first-order chi connectivity index (χ1) is 10.6. The molecule has 22 heavy (non-hydrogen) atoms. The van der Waals surface area contributed by atoms with Gasteiger partial charge in [0.1, 0.15) is 5.75 Å². The maximum absolute atomic E-state index is 12.1. The molecule has 116 valence electrons. The van der Waals surface area contributed by atoms with Crippen LogP contribution in [0.25, 0.3) is 0 Å². The Bertz CT molecular complexity index is 637. The lowest BCUT2D eigenvalue weighted by Gasteiger charge is -2.15. The van der Waals surface area contributed by atoms with Crippen molar-refractivity contribution in [2.24, 2.45) is 0 Å². The molecule has 0 heterocycles. The highest BCUT2D eigenvalue weighted by Gasteiger charge is 2.14. The summed E-state index contributed by atoms with van der Waals surface area (Å²) in [4.78, 5) is 12.1. The second-order valence-electron chi connectivity index (χ2n) is 5.54. The van der Waals surface area contributed by atoms with E-state index in [1.165, 1.54) is 11.1 Å². The molecular weight excluding hydrogens is 274 g/mol. The Morgan fingerprint density at radius 2 is 1.91 bits per heavy atom. The van der Waals surface area contributed by atoms with Gasteiger partial charge in [-0.25, -0.2) is 0 Å². The molecule has 0 fully saturated rings. The molecule has 3 nitrogen and oxygen atoms in total. The first-order valence-corrected chi connectivity index (χ1v) is 7.62. The molecule has 2 rings (SSSR count). The highest BCUT2D eigenvalue weighted by atomic mass is 16.5. The van der Waals surface area contributed by atoms with Gasteiger partial charge in [0, 0.05) is 6.54 Å². The normalized spacial score (nSPS) is 11.8. The van der Waals surface area contributed by atoms with Gasteiger partial charge in [0.05, 0.1) is 0 Å². The van der Waals surface area contributed by atoms with Crippen molar-refractivity contribution in [2.45, 2.75) is 33.3 Å². The van der Waals surface area contributed by atoms with Crippen molar-refractivity contribution < 1.29 is 9.53 Å². The van der Waals surface area contributed by atoms with Gasteiger partial charge in [-0.15, -0.1) is 0 Å². The van der Waals surface area contributed by atoms with Gasteiger partial charge in [0.25, 0.3) is 5.91 Å². The highest BCUT2D eigenvalue weighted by molar-refractivity contribution is 5.80. The van der Waals surface area contributed by atoms with Crippen molar-refractivity contribution in [2.75, 3.05) is 6.54 Å². The maximum atomic E-state index is 12.1. The number of nitrogens with one attached hydrogen (secondary N) is 1. The molecule has 1 unspecified atom stereocenters. The minimum Gasteiger partial charge on any atom is -0.481 e. The number of carbonyl (C=O) groups is 1. The molecule has 0 saturated carbocycles. The van der Waals surface area contributed by atoms with Crippen LogP contribution in [0.3, 0.4) is 0 Å². The van der Waals surface area contributed by atoms with Crippen LogP contribution in [0, 0.1) is 13.8 Å². The Kier molecular flexibility index (Phi) is 5.59. The Morgan fingerprint density at radius 3 is 2.64 bits per heavy atom. The van der Waals surface area contributed by atoms with Crippen LogP contribution in [0.2, 0.25) is 0 Å². The summed E-state index contributed by atoms with van der Waals surface area (Å²) >= 11 is 0. The zero-order valence-corrected chi connectivity index (χ0v) is 13.4. The van der Waals surface area contributed by atoms with Crippen molar-refractivity contribution in [1.82, 2.24) is 5.32 Å². The van der Waals surface area contributed by atoms with Crippen LogP contribution in [0.1, 0.15) is 23.6 Å². The fourth-order valence-corrected chi connectivity index (χ4v) is 2.30. The predicted octanol–water partition coefficient (Wildman–Crippen LogP) is 3.43. The first kappa shape index (κ1) is 16.1. The van der Waals surface area contributed by atoms with Gasteiger partial charge in [-0.05, 0) is 56.0 Å². The van der Waals surface area contributed by atoms with E-state index in [-0.39, 0.29) is 5.91 Å². The Balaban J connectivity index is 1.80. The predicted molar refractivity (Wildman–Crippen MR) is 89.2 cm³/mol. The van der Waals surface area contributed by atoms with Gasteiger partial charge < -0.3 is 10.1 Å². The van der Waals surface area contributed by atoms with Gasteiger partial charge in [-0.3, -0.25) is 4.79 Å². The maximum Gasteiger partial charge on any atom is 0.260 e. The molecule has 0 aliphatic carbocycles. The van der Waals surface area contributed by atoms with Crippen LogP contribution in [-0.4, -0.2) is 18.6 Å². The third-order valence-electron chi connectivity index (χ3n) is 3.63. The zero-order chi connectivity index (χ0) is 15.9. The molecule has 1 amide bonds. The molecule has 0 aromatic heterocycles. The Morgan fingerprint density at radius 1 is 1.14 bits per heavy atom. The van der Waals surface area contributed by atoms with Crippen molar-refractivity contribution in [3.8, 4) is 5.75 Å². The molecule has 0 spiro atoms. The number of hydrogen-bond donors (Lipinski definition) is 1. The van der Waals surface area contributed by atoms with Crippen molar-refractivity contribution in [3.05, 3.63) is 65.2 Å². The Hall–Kier alpha value is -2.29. The second-order valence-corrected chi connectivity index (χ2v) is 5.54. The fraction of sp³-hybridized carbons (Fsp3) is 0.316. The number of hydrogen-bond acceptors (Lipinski definition) is 2. The van der Waals surface area contributed by atoms with E-state index in [0.29, 0.717) is 6.54 Å². The van der Waals surface area contributed by atoms with Gasteiger partial charge in [0.2, 0.25) is 0 Å². The summed E-state index contributed by atoms with van der Waals surface area (Å²) in [6.45, 7) is 6.47. The number of rotatable bonds is 6. The summed E-state index contributed by atoms with van der Waals surface area (Å²) in [5, 5.41) is 2.93. The van der Waals surface area contributed by atoms with Gasteiger partial charge >= 0.3 is 0 Å². The van der Waals surface area contributed by atoms with Crippen LogP contribution < -0.4 is 10.1 Å². The third kappa shape index (κ3) is 4.62. The average molecular weight is 297 g/mol. The van der Waals surface area contributed by atoms with Gasteiger partial charge in [-0.2, -0.15) is 0 Å². The molecule has 1 N–H and O–H groups in total. The molecule has 0 radical (unpaired) electrons. The topological polar surface area (TPSA) is 38.3 Å². The lowest BCUT2D eigenvalue weighted by atomic mass is 10.1. The quantitative estimate of drug-likeness (QED) is 0.887. The molecule has 0 aliphatic rings. The number of amides is 1. The van der Waals surface area contributed by atoms with Crippen LogP contribution >= 0.6 is 0 Å². The molecule has 3 heteroatoms. The summed E-state index contributed by atoms with van der Waals surface area (Å²) in [7, 11) is 0. The van der Waals surface area contributed by atoms with Gasteiger partial charge in [-0.1, -0.05) is 36.4 Å². The minimum atomic E-state index is -0.501. The van der Waals surface area contributed by atoms with E-state index < -0.39 is 6.10 Å². The molecule has 2 aromatic carbocycles. The zero-order valence-electron chi connectivity index (χ0n) is 13.4. The molecule has 0 aliphatic heterocycles. The minimum absolute atomic E-state index is 0.0879. The van der Waals surface area contributed by atoms with E-state index >= 15 is 0 Å². The standard InChI is InChI=1S/C19H23NO2/c1-14-7-6-10-18(13-14)22-16(3)19(21)20-12-11-17-9-5-4-8-15(17)2/h4-10,13,16H,11-12H2,1-3H3,(H,20,21). The summed E-state index contributed by atoms with van der Waals surface area (Å²) in [5.74, 6) is 0.636. The fourth-order valence-electron chi connectivity index (χ4n) is 2.30. The van der Waals surface area contributed by atoms with E-state index in [2.05, 4.69) is 24.4 Å². The largest absolute Gasteiger partial charge is 0.481 e. The average Bonchev–Trinajstić information content (AvgIpc) is 2.49. The molecule has 0 bridgehead atoms. The smallest absolute Gasteiger partial charge is 0.260 e. The lowest BCUT2D eigenvalue weighted by Crippen LogP contribution is -2.37. The number of carbonyl (C=O) groups excluding carboxylic acids is 1. The first-order valence-electron chi connectivity index (χ1n) is 7.62. The molecular formula is C19H23NO2. The summed E-state index contributed by atoms with van der Waals surface area (Å²) in [6.07, 6.45) is 0.328. The number of ether oxygens (including phenoxy) is 1. The van der Waals surface area contributed by atoms with E-state index in [1.807, 2.05) is 43.3 Å². The summed E-state index contributed by atoms with van der Waals surface area (Å²) in [5.41, 5.74) is 3.63. The monoisotopic (exact) mass is 297 g/mol. The molecule has 1 atom stereocenters.